The van der Waals surface area contributed by atoms with Crippen molar-refractivity contribution in [3.05, 3.63) is 23.5 Å². The fourth-order valence-electron chi connectivity index (χ4n) is 1.57. The number of benzene rings is 1. The van der Waals surface area contributed by atoms with Crippen molar-refractivity contribution in [3.8, 4) is 11.5 Å². The van der Waals surface area contributed by atoms with Crippen LogP contribution in [0.15, 0.2) is 12.1 Å². The molecule has 1 aromatic carbocycles. The second-order valence-electron chi connectivity index (χ2n) is 3.93. The zero-order chi connectivity index (χ0) is 13.9. The summed E-state index contributed by atoms with van der Waals surface area (Å²) in [5.41, 5.74) is 5.76. The normalized spacial score (nSPS) is 13.2. The van der Waals surface area contributed by atoms with Gasteiger partial charge in [-0.2, -0.15) is 0 Å². The fourth-order valence-corrected chi connectivity index (χ4v) is 2.40. The van der Waals surface area contributed by atoms with E-state index in [-0.39, 0.29) is 17.1 Å². The van der Waals surface area contributed by atoms with Crippen LogP contribution in [0.25, 0.3) is 0 Å². The van der Waals surface area contributed by atoms with E-state index in [1.165, 1.54) is 20.3 Å². The number of sulfone groups is 1. The highest BCUT2D eigenvalue weighted by Crippen LogP contribution is 2.32. The van der Waals surface area contributed by atoms with Gasteiger partial charge in [0.05, 0.1) is 20.0 Å². The summed E-state index contributed by atoms with van der Waals surface area (Å²) in [6.45, 7) is 0. The largest absolute Gasteiger partial charge is 0.493 e. The minimum Gasteiger partial charge on any atom is -0.493 e. The van der Waals surface area contributed by atoms with Crippen LogP contribution in [-0.2, 0) is 9.84 Å². The summed E-state index contributed by atoms with van der Waals surface area (Å²) in [5.74, 6) is -0.425. The van der Waals surface area contributed by atoms with Crippen LogP contribution in [0.5, 0.6) is 11.5 Å². The van der Waals surface area contributed by atoms with Crippen molar-refractivity contribution in [2.45, 2.75) is 6.04 Å². The Balaban J connectivity index is 3.17. The lowest BCUT2D eigenvalue weighted by Gasteiger charge is -2.15. The summed E-state index contributed by atoms with van der Waals surface area (Å²) >= 11 is 0. The molecule has 0 saturated heterocycles. The van der Waals surface area contributed by atoms with Gasteiger partial charge >= 0.3 is 0 Å². The maximum absolute atomic E-state index is 13.8. The molecule has 0 saturated carbocycles. The zero-order valence-corrected chi connectivity index (χ0v) is 11.3. The molecule has 1 unspecified atom stereocenters. The predicted molar refractivity (Wildman–Crippen MR) is 66.1 cm³/mol. The molecular formula is C11H16FNO4S. The molecule has 0 radical (unpaired) electrons. The van der Waals surface area contributed by atoms with E-state index in [1.54, 1.807) is 0 Å². The van der Waals surface area contributed by atoms with Gasteiger partial charge in [-0.1, -0.05) is 0 Å². The van der Waals surface area contributed by atoms with Gasteiger partial charge < -0.3 is 15.2 Å². The van der Waals surface area contributed by atoms with Crippen molar-refractivity contribution in [2.24, 2.45) is 5.73 Å². The Bertz CT molecular complexity index is 530. The second kappa shape index (κ2) is 5.53. The molecule has 0 aromatic heterocycles. The Morgan fingerprint density at radius 2 is 1.78 bits per heavy atom. The van der Waals surface area contributed by atoms with E-state index in [2.05, 4.69) is 0 Å². The first kappa shape index (κ1) is 14.7. The average Bonchev–Trinajstić information content (AvgIpc) is 2.26. The maximum Gasteiger partial charge on any atom is 0.163 e. The molecule has 0 bridgehead atoms. The number of halogens is 1. The molecule has 0 aliphatic rings. The molecule has 1 rings (SSSR count). The van der Waals surface area contributed by atoms with Gasteiger partial charge in [-0.3, -0.25) is 0 Å². The van der Waals surface area contributed by atoms with Gasteiger partial charge in [0.15, 0.2) is 11.5 Å². The highest BCUT2D eigenvalue weighted by atomic mass is 32.2. The van der Waals surface area contributed by atoms with Crippen LogP contribution in [0.4, 0.5) is 4.39 Å². The van der Waals surface area contributed by atoms with Crippen LogP contribution in [0.3, 0.4) is 0 Å². The molecule has 0 amide bonds. The topological polar surface area (TPSA) is 78.6 Å². The third-order valence-corrected chi connectivity index (χ3v) is 3.35. The molecule has 0 spiro atoms. The van der Waals surface area contributed by atoms with Gasteiger partial charge in [-0.05, 0) is 6.07 Å². The van der Waals surface area contributed by atoms with Crippen LogP contribution in [0, 0.1) is 5.82 Å². The lowest BCUT2D eigenvalue weighted by atomic mass is 10.1. The van der Waals surface area contributed by atoms with Crippen molar-refractivity contribution in [2.75, 3.05) is 26.2 Å². The Kier molecular flexibility index (Phi) is 4.53. The number of hydrogen-bond donors (Lipinski definition) is 1. The molecule has 2 N–H and O–H groups in total. The van der Waals surface area contributed by atoms with E-state index in [9.17, 15) is 12.8 Å². The van der Waals surface area contributed by atoms with Crippen LogP contribution in [-0.4, -0.2) is 34.6 Å². The molecule has 5 nitrogen and oxygen atoms in total. The number of nitrogens with two attached hydrogens (primary N) is 1. The smallest absolute Gasteiger partial charge is 0.163 e. The van der Waals surface area contributed by atoms with Crippen molar-refractivity contribution in [3.63, 3.8) is 0 Å². The van der Waals surface area contributed by atoms with Crippen LogP contribution in [0.1, 0.15) is 11.6 Å². The third kappa shape index (κ3) is 3.58. The first-order valence-electron chi connectivity index (χ1n) is 5.13. The summed E-state index contributed by atoms with van der Waals surface area (Å²) < 4.78 is 46.0. The van der Waals surface area contributed by atoms with Crippen molar-refractivity contribution >= 4 is 9.84 Å². The first-order chi connectivity index (χ1) is 8.28. The molecule has 1 aromatic rings. The molecule has 0 fully saturated rings. The van der Waals surface area contributed by atoms with E-state index >= 15 is 0 Å². The molecule has 0 heterocycles. The van der Waals surface area contributed by atoms with E-state index < -0.39 is 21.7 Å². The number of rotatable bonds is 5. The van der Waals surface area contributed by atoms with Gasteiger partial charge in [-0.15, -0.1) is 0 Å². The summed E-state index contributed by atoms with van der Waals surface area (Å²) in [7, 11) is -0.501. The minimum absolute atomic E-state index is 0.0816. The van der Waals surface area contributed by atoms with Gasteiger partial charge in [0.25, 0.3) is 0 Å². The standard InChI is InChI=1S/C11H16FNO4S/c1-16-10-4-7(8(12)5-11(10)17-2)9(13)6-18(3,14)15/h4-5,9H,6,13H2,1-3H3. The van der Waals surface area contributed by atoms with Gasteiger partial charge in [0.1, 0.15) is 15.7 Å². The molecule has 0 aliphatic carbocycles. The van der Waals surface area contributed by atoms with Crippen LogP contribution in [0.2, 0.25) is 0 Å². The van der Waals surface area contributed by atoms with Crippen molar-refractivity contribution in [1.82, 2.24) is 0 Å². The number of methoxy groups -OCH3 is 2. The summed E-state index contributed by atoms with van der Waals surface area (Å²) in [6.07, 6.45) is 1.05. The minimum atomic E-state index is -3.29. The second-order valence-corrected chi connectivity index (χ2v) is 6.11. The lowest BCUT2D eigenvalue weighted by Crippen LogP contribution is -2.22. The zero-order valence-electron chi connectivity index (χ0n) is 10.4. The van der Waals surface area contributed by atoms with Crippen LogP contribution < -0.4 is 15.2 Å². The molecule has 1 atom stereocenters. The molecule has 102 valence electrons. The fraction of sp³-hybridized carbons (Fsp3) is 0.455. The van der Waals surface area contributed by atoms with E-state index in [4.69, 9.17) is 15.2 Å². The van der Waals surface area contributed by atoms with Crippen molar-refractivity contribution in [1.29, 1.82) is 0 Å². The number of ether oxygens (including phenoxy) is 2. The van der Waals surface area contributed by atoms with E-state index in [1.807, 2.05) is 0 Å². The van der Waals surface area contributed by atoms with E-state index in [0.29, 0.717) is 5.75 Å². The van der Waals surface area contributed by atoms with Gasteiger partial charge in [-0.25, -0.2) is 12.8 Å². The molecule has 0 aliphatic heterocycles. The first-order valence-corrected chi connectivity index (χ1v) is 7.19. The highest BCUT2D eigenvalue weighted by molar-refractivity contribution is 7.90. The Hall–Kier alpha value is -1.34. The monoisotopic (exact) mass is 277 g/mol. The van der Waals surface area contributed by atoms with Gasteiger partial charge in [0.2, 0.25) is 0 Å². The van der Waals surface area contributed by atoms with Crippen LogP contribution >= 0.6 is 0 Å². The summed E-state index contributed by atoms with van der Waals surface area (Å²) in [6, 6.07) is 1.53. The summed E-state index contributed by atoms with van der Waals surface area (Å²) in [4.78, 5) is 0. The summed E-state index contributed by atoms with van der Waals surface area (Å²) in [5, 5.41) is 0. The number of hydrogen-bond acceptors (Lipinski definition) is 5. The van der Waals surface area contributed by atoms with Gasteiger partial charge in [0, 0.05) is 23.9 Å². The third-order valence-electron chi connectivity index (χ3n) is 2.38. The van der Waals surface area contributed by atoms with Crippen molar-refractivity contribution < 1.29 is 22.3 Å². The lowest BCUT2D eigenvalue weighted by molar-refractivity contribution is 0.351. The Labute approximate surface area is 106 Å². The Morgan fingerprint density at radius 3 is 2.22 bits per heavy atom. The molecular weight excluding hydrogens is 261 g/mol. The van der Waals surface area contributed by atoms with E-state index in [0.717, 1.165) is 12.3 Å². The average molecular weight is 277 g/mol. The SMILES string of the molecule is COc1cc(F)c(C(N)CS(C)(=O)=O)cc1OC. The molecule has 7 heteroatoms. The highest BCUT2D eigenvalue weighted by Gasteiger charge is 2.19. The Morgan fingerprint density at radius 1 is 1.28 bits per heavy atom. The predicted octanol–water partition coefficient (Wildman–Crippen LogP) is 0.887. The molecule has 18 heavy (non-hydrogen) atoms. The maximum atomic E-state index is 13.8. The quantitative estimate of drug-likeness (QED) is 0.864.